The third-order valence-electron chi connectivity index (χ3n) is 20.3. The summed E-state index contributed by atoms with van der Waals surface area (Å²) in [6, 6.07) is 3.02. The summed E-state index contributed by atoms with van der Waals surface area (Å²) in [6.45, 7) is 11.3. The Bertz CT molecular complexity index is 3980. The summed E-state index contributed by atoms with van der Waals surface area (Å²) in [4.78, 5) is 173. The number of carbonyl (C=O) groups excluding carboxylic acids is 12. The number of fused-ring (bicyclic) bond motifs is 12. The highest BCUT2D eigenvalue weighted by Crippen LogP contribution is 2.52. The van der Waals surface area contributed by atoms with Gasteiger partial charge in [-0.15, -0.1) is 11.3 Å². The van der Waals surface area contributed by atoms with Crippen LogP contribution in [0.5, 0.6) is 0 Å². The maximum atomic E-state index is 15.5. The molecule has 9 aliphatic rings. The first-order valence-corrected chi connectivity index (χ1v) is 34.1. The van der Waals surface area contributed by atoms with Crippen molar-refractivity contribution >= 4 is 99.3 Å². The van der Waals surface area contributed by atoms with Crippen LogP contribution in [0.15, 0.2) is 77.2 Å². The second kappa shape index (κ2) is 27.2. The number of halogens is 3. The molecule has 0 radical (unpaired) electrons. The van der Waals surface area contributed by atoms with E-state index in [0.29, 0.717) is 41.2 Å². The van der Waals surface area contributed by atoms with Crippen molar-refractivity contribution in [3.05, 3.63) is 140 Å². The minimum atomic E-state index is -1.73. The Labute approximate surface area is 583 Å². The van der Waals surface area contributed by atoms with Crippen LogP contribution >= 0.6 is 11.3 Å². The number of barbiturate groups is 3. The van der Waals surface area contributed by atoms with Crippen LogP contribution in [0, 0.1) is 33.7 Å². The van der Waals surface area contributed by atoms with E-state index in [9.17, 15) is 57.5 Å². The lowest BCUT2D eigenvalue weighted by Crippen LogP contribution is -2.75. The average Bonchev–Trinajstić information content (AvgIpc) is 0.814. The van der Waals surface area contributed by atoms with Gasteiger partial charge in [0.1, 0.15) is 29.5 Å². The Morgan fingerprint density at radius 2 is 0.843 bits per heavy atom. The van der Waals surface area contributed by atoms with Crippen LogP contribution in [0.2, 0.25) is 0 Å². The van der Waals surface area contributed by atoms with Crippen LogP contribution in [0.25, 0.3) is 0 Å². The molecular weight excluding hydrogens is 1360 g/mol. The molecule has 3 aromatic carbocycles. The van der Waals surface area contributed by atoms with Crippen LogP contribution in [0.3, 0.4) is 0 Å². The second-order valence-electron chi connectivity index (χ2n) is 27.0. The Kier molecular flexibility index (Phi) is 18.7. The molecule has 3 spiro atoms. The van der Waals surface area contributed by atoms with E-state index < -0.39 is 124 Å². The monoisotopic (exact) mass is 1430 g/mol. The number of imide groups is 6. The van der Waals surface area contributed by atoms with E-state index >= 15 is 13.2 Å². The molecule has 0 aliphatic carbocycles. The number of aryl methyl sites for hydroxylation is 3. The van der Waals surface area contributed by atoms with Gasteiger partial charge in [-0.2, -0.15) is 0 Å². The van der Waals surface area contributed by atoms with Gasteiger partial charge < -0.3 is 38.3 Å². The molecule has 33 heteroatoms. The zero-order valence-electron chi connectivity index (χ0n) is 55.9. The van der Waals surface area contributed by atoms with Gasteiger partial charge in [0.2, 0.25) is 35.4 Å². The molecule has 0 bridgehead atoms. The van der Waals surface area contributed by atoms with Crippen molar-refractivity contribution in [1.82, 2.24) is 51.8 Å². The number of anilines is 3. The minimum Gasteiger partial charge on any atom is -0.449 e. The van der Waals surface area contributed by atoms with E-state index in [1.165, 1.54) is 48.1 Å². The van der Waals surface area contributed by atoms with E-state index in [4.69, 9.17) is 18.6 Å². The molecule has 6 aromatic rings. The normalized spacial score (nSPS) is 25.4. The highest BCUT2D eigenvalue weighted by molar-refractivity contribution is 7.09. The van der Waals surface area contributed by atoms with Crippen LogP contribution in [-0.2, 0) is 81.5 Å². The molecule has 6 fully saturated rings. The number of hydrogen-bond donors (Lipinski definition) is 7. The number of morpholine rings is 3. The molecule has 15 rings (SSSR count). The van der Waals surface area contributed by atoms with Gasteiger partial charge in [0, 0.05) is 118 Å². The number of aromatic amines is 1. The maximum Gasteiger partial charge on any atom is 0.328 e. The number of aromatic nitrogens is 4. The zero-order chi connectivity index (χ0) is 72.6. The highest BCUT2D eigenvalue weighted by atomic mass is 32.1. The van der Waals surface area contributed by atoms with Crippen LogP contribution in [0.4, 0.5) is 44.6 Å². The molecule has 0 unspecified atom stereocenters. The first-order valence-electron chi connectivity index (χ1n) is 33.2. The van der Waals surface area contributed by atoms with Gasteiger partial charge in [-0.1, -0.05) is 0 Å². The number of Topliss-reactive ketones (excluding diaryl/α,β-unsaturated/α-hetero) is 3. The number of thiazole rings is 1. The summed E-state index contributed by atoms with van der Waals surface area (Å²) in [5.41, 5.74) is -2.90. The Hall–Kier alpha value is -10.4. The number of benzene rings is 3. The summed E-state index contributed by atoms with van der Waals surface area (Å²) < 4.78 is 69.5. The fraction of sp³-hybridized carbons (Fsp3) is 0.435. The first-order chi connectivity index (χ1) is 48.6. The van der Waals surface area contributed by atoms with Gasteiger partial charge >= 0.3 is 18.1 Å². The first kappa shape index (κ1) is 70.1. The van der Waals surface area contributed by atoms with Gasteiger partial charge in [0.25, 0.3) is 0 Å². The molecule has 534 valence electrons. The van der Waals surface area contributed by atoms with Crippen LogP contribution in [0.1, 0.15) is 125 Å². The van der Waals surface area contributed by atoms with Gasteiger partial charge in [-0.05, 0) is 94.6 Å². The summed E-state index contributed by atoms with van der Waals surface area (Å²) in [7, 11) is 0. The summed E-state index contributed by atoms with van der Waals surface area (Å²) in [5.74, 6) is -6.23. The van der Waals surface area contributed by atoms with E-state index in [0.717, 1.165) is 5.01 Å². The predicted molar refractivity (Wildman–Crippen MR) is 351 cm³/mol. The maximum absolute atomic E-state index is 15.5. The molecule has 12 amide bonds. The van der Waals surface area contributed by atoms with E-state index in [1.807, 2.05) is 26.2 Å². The largest absolute Gasteiger partial charge is 0.449 e. The van der Waals surface area contributed by atoms with E-state index in [-0.39, 0.29) is 134 Å². The Morgan fingerprint density at radius 1 is 0.480 bits per heavy atom. The molecule has 9 atom stereocenters. The highest BCUT2D eigenvalue weighted by Gasteiger charge is 2.66. The zero-order valence-corrected chi connectivity index (χ0v) is 56.7. The number of ketones is 3. The number of urea groups is 3. The smallest absolute Gasteiger partial charge is 0.328 e. The average molecular weight is 1430 g/mol. The number of hydrogen-bond acceptors (Lipinski definition) is 23. The SMILES string of the molecule is C[C@@H]1CN2c3c(F)cc(C(=O)CCc4ncc[nH]4)cc3CC3(C(=O)NC(=O)NC3=O)[C@H]2[C@H](C)O1.C[C@@H]1CN2c3c(F)cc(C(=O)CCc4ncco4)cc3CC3(C(=O)NC(=O)NC3=O)[C@H]2[C@H](C)O1.C[C@@H]1CN2c3c(F)cc(C(=O)CCc4nccs4)cc3CC3(C(=O)NC(=O)NC3=O)[C@H]2[C@H](C)O1. The fourth-order valence-corrected chi connectivity index (χ4v) is 17.0. The topological polar surface area (TPSA) is 382 Å². The van der Waals surface area contributed by atoms with Crippen molar-refractivity contribution in [3.63, 3.8) is 0 Å². The molecule has 102 heavy (non-hydrogen) atoms. The lowest BCUT2D eigenvalue weighted by Gasteiger charge is -2.55. The number of carbonyl (C=O) groups is 12. The second-order valence-corrected chi connectivity index (χ2v) is 27.9. The molecule has 9 aliphatic heterocycles. The van der Waals surface area contributed by atoms with Gasteiger partial charge in [0.15, 0.2) is 39.5 Å². The molecule has 7 N–H and O–H groups in total. The number of amides is 12. The number of imidazole rings is 1. The minimum absolute atomic E-state index is 0.0492. The molecule has 12 heterocycles. The number of ether oxygens (including phenoxy) is 3. The standard InChI is InChI=1S/C23H24FN5O5.C23H23FN4O6.C23H23FN4O5S/c1-11-10-29-18-14(7-13(8-15(18)24)16(30)3-4-17-25-5-6-26-17)9-23(19(29)12(2)34-11)20(31)27-22(33)28-21(23)32;1-11-10-28-18-14(7-13(8-15(18)24)16(29)3-4-17-25-5-6-33-17)9-23(19(28)12(2)34-11)20(30)26-22(32)27-21(23)31;1-11-10-28-18-14(7-13(8-15(18)24)16(29)3-4-17-25-5-6-34-17)9-23(19(28)12(2)33-11)20(30)26-22(32)27-21(23)31/h5-8,11-12,19H,3-4,9-10H2,1-2H3,(H,25,26)(H2,27,28,31,32,33);2*5-8,11-12,19H,3-4,9-10H2,1-2H3,(H2,26,27,30,31,32)/t3*11-,12+,19-/m111/s1. The molecule has 3 aromatic heterocycles. The number of oxazole rings is 1. The van der Waals surface area contributed by atoms with Crippen LogP contribution in [-0.4, -0.2) is 165 Å². The third kappa shape index (κ3) is 12.4. The Morgan fingerprint density at radius 3 is 1.17 bits per heavy atom. The van der Waals surface area contributed by atoms with Crippen molar-refractivity contribution in [2.45, 2.75) is 154 Å². The molecule has 0 saturated carbocycles. The third-order valence-corrected chi connectivity index (χ3v) is 21.1. The van der Waals surface area contributed by atoms with Crippen molar-refractivity contribution in [2.24, 2.45) is 16.2 Å². The van der Waals surface area contributed by atoms with Gasteiger partial charge in [-0.3, -0.25) is 75.1 Å². The molecular formula is C69H70F3N13O16S. The number of nitrogens with zero attached hydrogens (tertiary/aromatic N) is 6. The summed E-state index contributed by atoms with van der Waals surface area (Å²) in [6.07, 6.45) is 5.94. The fourth-order valence-electron chi connectivity index (χ4n) is 16.4. The summed E-state index contributed by atoms with van der Waals surface area (Å²) >= 11 is 1.44. The molecule has 29 nitrogen and oxygen atoms in total. The van der Waals surface area contributed by atoms with E-state index in [1.54, 1.807) is 66.2 Å². The van der Waals surface area contributed by atoms with Crippen molar-refractivity contribution in [3.8, 4) is 0 Å². The van der Waals surface area contributed by atoms with Gasteiger partial charge in [0.05, 0.1) is 83.0 Å². The van der Waals surface area contributed by atoms with Crippen molar-refractivity contribution in [2.75, 3.05) is 34.3 Å². The Balaban J connectivity index is 0.000000137. The summed E-state index contributed by atoms with van der Waals surface area (Å²) in [5, 5.41) is 15.8. The van der Waals surface area contributed by atoms with E-state index in [2.05, 4.69) is 51.8 Å². The van der Waals surface area contributed by atoms with Crippen molar-refractivity contribution in [1.29, 1.82) is 0 Å². The predicted octanol–water partition coefficient (Wildman–Crippen LogP) is 4.76. The number of rotatable bonds is 12. The lowest BCUT2D eigenvalue weighted by molar-refractivity contribution is -0.154. The van der Waals surface area contributed by atoms with Gasteiger partial charge in [-0.25, -0.2) is 42.5 Å². The molecule has 6 saturated heterocycles. The number of H-pyrrole nitrogens is 1. The number of nitrogens with one attached hydrogen (secondary N) is 7. The quantitative estimate of drug-likeness (QED) is 0.0641. The van der Waals surface area contributed by atoms with Crippen molar-refractivity contribution < 1.29 is 89.3 Å². The van der Waals surface area contributed by atoms with Crippen LogP contribution < -0.4 is 46.6 Å². The lowest BCUT2D eigenvalue weighted by atomic mass is 9.66.